The van der Waals surface area contributed by atoms with Gasteiger partial charge in [0.1, 0.15) is 5.75 Å². The van der Waals surface area contributed by atoms with Crippen LogP contribution in [-0.2, 0) is 11.2 Å². The minimum Gasteiger partial charge on any atom is -0.489 e. The smallest absolute Gasteiger partial charge is 0.224 e. The zero-order valence-electron chi connectivity index (χ0n) is 16.9. The molecule has 7 heteroatoms. The van der Waals surface area contributed by atoms with Gasteiger partial charge in [-0.1, -0.05) is 0 Å². The lowest BCUT2D eigenvalue weighted by atomic mass is 9.91. The molecule has 2 fully saturated rings. The summed E-state index contributed by atoms with van der Waals surface area (Å²) < 4.78 is 6.50. The molecule has 1 amide bonds. The van der Waals surface area contributed by atoms with Crippen molar-refractivity contribution in [1.82, 2.24) is 4.98 Å². The van der Waals surface area contributed by atoms with Gasteiger partial charge in [-0.15, -0.1) is 11.3 Å². The maximum atomic E-state index is 12.3. The molecule has 0 spiro atoms. The molecule has 1 saturated heterocycles. The number of carbonyl (C=O) groups excluding carboxylic acids is 1. The van der Waals surface area contributed by atoms with E-state index in [-0.39, 0.29) is 24.2 Å². The van der Waals surface area contributed by atoms with E-state index in [0.717, 1.165) is 59.1 Å². The summed E-state index contributed by atoms with van der Waals surface area (Å²) in [6.45, 7) is 5.04. The van der Waals surface area contributed by atoms with Gasteiger partial charge in [0.2, 0.25) is 5.91 Å². The standard InChI is InChI=1S/C22H27N3O3S/c1-13-6-7-18-20(25(13)14(2)26)9-8-17(21(18)28-16-4-3-5-16)19-12-29-22(23-19)24-10-15(27)11-24/h8-9,12-13,15-16,27H,3-7,10-11H2,1-2H3/t13-/m0/s1. The van der Waals surface area contributed by atoms with Crippen LogP contribution in [0.15, 0.2) is 17.5 Å². The molecule has 154 valence electrons. The van der Waals surface area contributed by atoms with E-state index in [1.165, 1.54) is 6.42 Å². The Morgan fingerprint density at radius 1 is 1.28 bits per heavy atom. The number of hydrogen-bond acceptors (Lipinski definition) is 6. The molecule has 5 rings (SSSR count). The highest BCUT2D eigenvalue weighted by molar-refractivity contribution is 7.14. The lowest BCUT2D eigenvalue weighted by Gasteiger charge is -2.37. The summed E-state index contributed by atoms with van der Waals surface area (Å²) >= 11 is 1.60. The first-order valence-corrected chi connectivity index (χ1v) is 11.4. The van der Waals surface area contributed by atoms with Crippen molar-refractivity contribution in [3.05, 3.63) is 23.1 Å². The molecule has 0 unspecified atom stereocenters. The van der Waals surface area contributed by atoms with Gasteiger partial charge in [0.15, 0.2) is 5.13 Å². The van der Waals surface area contributed by atoms with Crippen molar-refractivity contribution in [3.63, 3.8) is 0 Å². The second-order valence-electron chi connectivity index (χ2n) is 8.46. The number of hydrogen-bond donors (Lipinski definition) is 1. The average Bonchev–Trinajstić information content (AvgIpc) is 3.10. The van der Waals surface area contributed by atoms with Crippen LogP contribution in [0.25, 0.3) is 11.3 Å². The number of amides is 1. The van der Waals surface area contributed by atoms with Gasteiger partial charge in [-0.3, -0.25) is 4.79 Å². The lowest BCUT2D eigenvalue weighted by Crippen LogP contribution is -2.50. The number of β-amino-alcohol motifs (C(OH)–C–C–N with tert-alkyl or cyclic N) is 1. The Kier molecular flexibility index (Phi) is 4.75. The highest BCUT2D eigenvalue weighted by Crippen LogP contribution is 2.45. The van der Waals surface area contributed by atoms with Gasteiger partial charge in [0.05, 0.1) is 23.6 Å². The number of thiazole rings is 1. The minimum atomic E-state index is -0.247. The number of aliphatic hydroxyl groups is 1. The summed E-state index contributed by atoms with van der Waals surface area (Å²) in [5, 5.41) is 12.6. The first-order valence-electron chi connectivity index (χ1n) is 10.5. The first-order chi connectivity index (χ1) is 14.0. The van der Waals surface area contributed by atoms with E-state index in [1.807, 2.05) is 4.90 Å². The molecule has 0 bridgehead atoms. The van der Waals surface area contributed by atoms with Crippen molar-refractivity contribution in [2.75, 3.05) is 22.9 Å². The van der Waals surface area contributed by atoms with Crippen molar-refractivity contribution in [1.29, 1.82) is 0 Å². The summed E-state index contributed by atoms with van der Waals surface area (Å²) in [4.78, 5) is 21.2. The van der Waals surface area contributed by atoms with Gasteiger partial charge in [-0.25, -0.2) is 4.98 Å². The molecule has 1 aromatic carbocycles. The molecule has 29 heavy (non-hydrogen) atoms. The van der Waals surface area contributed by atoms with Crippen LogP contribution in [-0.4, -0.2) is 47.3 Å². The van der Waals surface area contributed by atoms with Crippen LogP contribution in [0.5, 0.6) is 5.75 Å². The minimum absolute atomic E-state index is 0.0769. The maximum Gasteiger partial charge on any atom is 0.224 e. The largest absolute Gasteiger partial charge is 0.489 e. The van der Waals surface area contributed by atoms with Crippen LogP contribution in [0.4, 0.5) is 10.8 Å². The number of anilines is 2. The molecule has 1 atom stereocenters. The number of carbonyl (C=O) groups is 1. The third-order valence-corrected chi connectivity index (χ3v) is 7.23. The Balaban J connectivity index is 1.55. The molecule has 3 aliphatic rings. The number of benzene rings is 1. The number of nitrogens with zero attached hydrogens (tertiary/aromatic N) is 3. The van der Waals surface area contributed by atoms with Crippen LogP contribution >= 0.6 is 11.3 Å². The highest BCUT2D eigenvalue weighted by atomic mass is 32.1. The molecule has 1 N–H and O–H groups in total. The summed E-state index contributed by atoms with van der Waals surface area (Å²) in [5.41, 5.74) is 4.04. The van der Waals surface area contributed by atoms with Crippen LogP contribution in [0.3, 0.4) is 0 Å². The summed E-state index contributed by atoms with van der Waals surface area (Å²) in [5.74, 6) is 0.985. The van der Waals surface area contributed by atoms with Crippen molar-refractivity contribution in [2.45, 2.75) is 64.2 Å². The summed E-state index contributed by atoms with van der Waals surface area (Å²) in [6.07, 6.45) is 5.24. The topological polar surface area (TPSA) is 65.9 Å². The van der Waals surface area contributed by atoms with Crippen LogP contribution in [0, 0.1) is 0 Å². The molecule has 1 aliphatic carbocycles. The Morgan fingerprint density at radius 2 is 2.07 bits per heavy atom. The lowest BCUT2D eigenvalue weighted by molar-refractivity contribution is -0.117. The first kappa shape index (κ1) is 18.9. The molecule has 0 radical (unpaired) electrons. The fraction of sp³-hybridized carbons (Fsp3) is 0.545. The molecule has 2 aromatic rings. The third kappa shape index (κ3) is 3.30. The van der Waals surface area contributed by atoms with Gasteiger partial charge in [-0.2, -0.15) is 0 Å². The maximum absolute atomic E-state index is 12.3. The van der Waals surface area contributed by atoms with E-state index >= 15 is 0 Å². The number of aliphatic hydroxyl groups excluding tert-OH is 1. The number of fused-ring (bicyclic) bond motifs is 1. The van der Waals surface area contributed by atoms with Crippen molar-refractivity contribution < 1.29 is 14.6 Å². The fourth-order valence-corrected chi connectivity index (χ4v) is 5.27. The predicted molar refractivity (Wildman–Crippen MR) is 115 cm³/mol. The van der Waals surface area contributed by atoms with Crippen LogP contribution in [0.1, 0.15) is 45.1 Å². The zero-order chi connectivity index (χ0) is 20.1. The normalized spacial score (nSPS) is 22.1. The molecule has 6 nitrogen and oxygen atoms in total. The van der Waals surface area contributed by atoms with E-state index in [0.29, 0.717) is 13.1 Å². The number of ether oxygens (including phenoxy) is 1. The summed E-state index contributed by atoms with van der Waals surface area (Å²) in [7, 11) is 0. The molecular formula is C22H27N3O3S. The quantitative estimate of drug-likeness (QED) is 0.830. The third-order valence-electron chi connectivity index (χ3n) is 6.32. The highest BCUT2D eigenvalue weighted by Gasteiger charge is 2.32. The van der Waals surface area contributed by atoms with Crippen molar-refractivity contribution in [3.8, 4) is 17.0 Å². The second-order valence-corrected chi connectivity index (χ2v) is 9.30. The second kappa shape index (κ2) is 7.29. The predicted octanol–water partition coefficient (Wildman–Crippen LogP) is 3.61. The number of aromatic nitrogens is 1. The van der Waals surface area contributed by atoms with Crippen LogP contribution in [0.2, 0.25) is 0 Å². The number of rotatable bonds is 4. The fourth-order valence-electron chi connectivity index (χ4n) is 4.42. The van der Waals surface area contributed by atoms with E-state index in [1.54, 1.807) is 18.3 Å². The van der Waals surface area contributed by atoms with Gasteiger partial charge in [0, 0.05) is 42.6 Å². The average molecular weight is 414 g/mol. The Hall–Kier alpha value is -2.12. The Labute approximate surface area is 175 Å². The molecule has 1 aromatic heterocycles. The molecule has 1 saturated carbocycles. The van der Waals surface area contributed by atoms with E-state index in [9.17, 15) is 9.90 Å². The zero-order valence-corrected chi connectivity index (χ0v) is 17.7. The molecule has 3 heterocycles. The van der Waals surface area contributed by atoms with Crippen molar-refractivity contribution in [2.24, 2.45) is 0 Å². The summed E-state index contributed by atoms with van der Waals surface area (Å²) in [6, 6.07) is 4.32. The Bertz CT molecular complexity index is 933. The van der Waals surface area contributed by atoms with Gasteiger partial charge in [0.25, 0.3) is 0 Å². The van der Waals surface area contributed by atoms with Crippen LogP contribution < -0.4 is 14.5 Å². The van der Waals surface area contributed by atoms with Crippen molar-refractivity contribution >= 4 is 28.1 Å². The van der Waals surface area contributed by atoms with E-state index < -0.39 is 0 Å². The van der Waals surface area contributed by atoms with E-state index in [2.05, 4.69) is 29.3 Å². The van der Waals surface area contributed by atoms with E-state index in [4.69, 9.17) is 9.72 Å². The van der Waals surface area contributed by atoms with Gasteiger partial charge >= 0.3 is 0 Å². The Morgan fingerprint density at radius 3 is 2.72 bits per heavy atom. The van der Waals surface area contributed by atoms with Gasteiger partial charge in [-0.05, 0) is 51.2 Å². The molecular weight excluding hydrogens is 386 g/mol. The monoisotopic (exact) mass is 413 g/mol. The molecule has 2 aliphatic heterocycles. The SMILES string of the molecule is CC(=O)N1c2ccc(-c3csc(N4CC(O)C4)n3)c(OC3CCC3)c2CC[C@@H]1C. The van der Waals surface area contributed by atoms with Gasteiger partial charge < -0.3 is 19.6 Å².